The van der Waals surface area contributed by atoms with Crippen LogP contribution in [0.3, 0.4) is 0 Å². The van der Waals surface area contributed by atoms with Crippen molar-refractivity contribution in [3.8, 4) is 6.07 Å². The zero-order chi connectivity index (χ0) is 20.0. The first kappa shape index (κ1) is 20.7. The molecule has 0 heterocycles. The van der Waals surface area contributed by atoms with Crippen LogP contribution < -0.4 is 0 Å². The number of nitrogens with zero attached hydrogens (tertiary/aromatic N) is 2. The summed E-state index contributed by atoms with van der Waals surface area (Å²) in [7, 11) is 0. The van der Waals surface area contributed by atoms with E-state index in [1.54, 1.807) is 0 Å². The zero-order valence-corrected chi connectivity index (χ0v) is 17.0. The average Bonchev–Trinajstić information content (AvgIpc) is 2.66. The van der Waals surface area contributed by atoms with Crippen molar-refractivity contribution in [3.63, 3.8) is 0 Å². The van der Waals surface area contributed by atoms with E-state index < -0.39 is 5.41 Å². The standard InChI is InChI=1S/C24H30N2O/c1-18(2)26(19(3)4)23(27)16-22(20-12-8-6-9-13-20)24(5,17-25)21-14-10-7-11-15-21/h6-15,18-19,22H,16H2,1-5H3/t22-,24-/m1/s1. The molecule has 0 N–H and O–H groups in total. The molecule has 0 aliphatic carbocycles. The summed E-state index contributed by atoms with van der Waals surface area (Å²) in [4.78, 5) is 15.1. The Morgan fingerprint density at radius 3 is 1.89 bits per heavy atom. The Morgan fingerprint density at radius 1 is 0.963 bits per heavy atom. The maximum absolute atomic E-state index is 13.2. The van der Waals surface area contributed by atoms with Gasteiger partial charge in [-0.05, 0) is 45.7 Å². The predicted octanol–water partition coefficient (Wildman–Crippen LogP) is 5.29. The van der Waals surface area contributed by atoms with Gasteiger partial charge in [-0.25, -0.2) is 0 Å². The highest BCUT2D eigenvalue weighted by Gasteiger charge is 2.39. The third-order valence-electron chi connectivity index (χ3n) is 5.28. The Morgan fingerprint density at radius 2 is 1.44 bits per heavy atom. The molecule has 0 saturated carbocycles. The van der Waals surface area contributed by atoms with Crippen LogP contribution in [0, 0.1) is 11.3 Å². The first-order chi connectivity index (χ1) is 12.8. The van der Waals surface area contributed by atoms with Crippen LogP contribution in [0.2, 0.25) is 0 Å². The maximum atomic E-state index is 13.2. The zero-order valence-electron chi connectivity index (χ0n) is 17.0. The van der Waals surface area contributed by atoms with Crippen LogP contribution in [0.25, 0.3) is 0 Å². The third kappa shape index (κ3) is 4.57. The number of nitriles is 1. The summed E-state index contributed by atoms with van der Waals surface area (Å²) in [6, 6.07) is 22.5. The van der Waals surface area contributed by atoms with Gasteiger partial charge < -0.3 is 4.90 Å². The Balaban J connectivity index is 2.50. The van der Waals surface area contributed by atoms with Crippen LogP contribution in [-0.4, -0.2) is 22.9 Å². The molecule has 0 radical (unpaired) electrons. The first-order valence-electron chi connectivity index (χ1n) is 9.64. The van der Waals surface area contributed by atoms with Crippen LogP contribution in [0.1, 0.15) is 58.1 Å². The minimum absolute atomic E-state index is 0.0891. The van der Waals surface area contributed by atoms with E-state index in [0.29, 0.717) is 6.42 Å². The number of hydrogen-bond acceptors (Lipinski definition) is 2. The summed E-state index contributed by atoms with van der Waals surface area (Å²) in [6.45, 7) is 10.1. The molecule has 0 aromatic heterocycles. The van der Waals surface area contributed by atoms with E-state index in [1.165, 1.54) is 0 Å². The fraction of sp³-hybridized carbons (Fsp3) is 0.417. The number of rotatable bonds is 7. The summed E-state index contributed by atoms with van der Waals surface area (Å²) >= 11 is 0. The first-order valence-corrected chi connectivity index (χ1v) is 9.64. The normalized spacial score (nSPS) is 14.4. The second-order valence-corrected chi connectivity index (χ2v) is 7.84. The Hall–Kier alpha value is -2.60. The molecule has 2 aromatic carbocycles. The molecule has 0 aliphatic heterocycles. The van der Waals surface area contributed by atoms with Gasteiger partial charge in [0, 0.05) is 24.4 Å². The van der Waals surface area contributed by atoms with Gasteiger partial charge in [0.25, 0.3) is 0 Å². The lowest BCUT2D eigenvalue weighted by atomic mass is 9.68. The van der Waals surface area contributed by atoms with Crippen LogP contribution in [0.4, 0.5) is 0 Å². The summed E-state index contributed by atoms with van der Waals surface area (Å²) in [6.07, 6.45) is 0.305. The molecular weight excluding hydrogens is 332 g/mol. The molecule has 0 spiro atoms. The Labute approximate surface area is 163 Å². The fourth-order valence-corrected chi connectivity index (χ4v) is 3.92. The Kier molecular flexibility index (Phi) is 6.80. The second kappa shape index (κ2) is 8.86. The molecular formula is C24H30N2O. The fourth-order valence-electron chi connectivity index (χ4n) is 3.92. The number of carbonyl (C=O) groups is 1. The van der Waals surface area contributed by atoms with Crippen molar-refractivity contribution < 1.29 is 4.79 Å². The molecule has 0 unspecified atom stereocenters. The van der Waals surface area contributed by atoms with E-state index in [4.69, 9.17) is 0 Å². The maximum Gasteiger partial charge on any atom is 0.223 e. The largest absolute Gasteiger partial charge is 0.338 e. The van der Waals surface area contributed by atoms with E-state index in [0.717, 1.165) is 11.1 Å². The lowest BCUT2D eigenvalue weighted by Gasteiger charge is -2.36. The highest BCUT2D eigenvalue weighted by molar-refractivity contribution is 5.78. The average molecular weight is 363 g/mol. The molecule has 142 valence electrons. The van der Waals surface area contributed by atoms with Gasteiger partial charge in [-0.3, -0.25) is 4.79 Å². The summed E-state index contributed by atoms with van der Waals surface area (Å²) < 4.78 is 0. The third-order valence-corrected chi connectivity index (χ3v) is 5.28. The topological polar surface area (TPSA) is 44.1 Å². The highest BCUT2D eigenvalue weighted by atomic mass is 16.2. The van der Waals surface area contributed by atoms with Crippen molar-refractivity contribution in [2.75, 3.05) is 0 Å². The van der Waals surface area contributed by atoms with Gasteiger partial charge in [-0.2, -0.15) is 5.26 Å². The van der Waals surface area contributed by atoms with E-state index in [9.17, 15) is 10.1 Å². The van der Waals surface area contributed by atoms with Gasteiger partial charge in [0.2, 0.25) is 5.91 Å². The number of benzene rings is 2. The minimum atomic E-state index is -0.794. The lowest BCUT2D eigenvalue weighted by Crippen LogP contribution is -2.44. The molecule has 27 heavy (non-hydrogen) atoms. The number of hydrogen-bond donors (Lipinski definition) is 0. The molecule has 2 aromatic rings. The van der Waals surface area contributed by atoms with Crippen LogP contribution >= 0.6 is 0 Å². The van der Waals surface area contributed by atoms with Crippen molar-refractivity contribution >= 4 is 5.91 Å². The van der Waals surface area contributed by atoms with Crippen LogP contribution in [0.15, 0.2) is 60.7 Å². The summed E-state index contributed by atoms with van der Waals surface area (Å²) in [5.41, 5.74) is 1.17. The predicted molar refractivity (Wildman–Crippen MR) is 110 cm³/mol. The van der Waals surface area contributed by atoms with E-state index in [1.807, 2.05) is 100 Å². The lowest BCUT2D eigenvalue weighted by molar-refractivity contribution is -0.135. The summed E-state index contributed by atoms with van der Waals surface area (Å²) in [5, 5.41) is 10.2. The van der Waals surface area contributed by atoms with Crippen molar-refractivity contribution in [2.45, 2.75) is 64.5 Å². The quantitative estimate of drug-likeness (QED) is 0.672. The molecule has 1 amide bonds. The molecule has 0 bridgehead atoms. The highest BCUT2D eigenvalue weighted by Crippen LogP contribution is 2.41. The molecule has 3 heteroatoms. The van der Waals surface area contributed by atoms with Gasteiger partial charge in [-0.1, -0.05) is 60.7 Å². The molecule has 0 saturated heterocycles. The van der Waals surface area contributed by atoms with Gasteiger partial charge in [0.1, 0.15) is 0 Å². The Bertz CT molecular complexity index is 769. The van der Waals surface area contributed by atoms with Crippen LogP contribution in [-0.2, 0) is 10.2 Å². The smallest absolute Gasteiger partial charge is 0.223 e. The monoisotopic (exact) mass is 362 g/mol. The van der Waals surface area contributed by atoms with Crippen molar-refractivity contribution in [2.24, 2.45) is 0 Å². The van der Waals surface area contributed by atoms with E-state index >= 15 is 0 Å². The van der Waals surface area contributed by atoms with E-state index in [-0.39, 0.29) is 23.9 Å². The van der Waals surface area contributed by atoms with Crippen LogP contribution in [0.5, 0.6) is 0 Å². The van der Waals surface area contributed by atoms with Crippen molar-refractivity contribution in [1.82, 2.24) is 4.90 Å². The minimum Gasteiger partial charge on any atom is -0.338 e. The van der Waals surface area contributed by atoms with Gasteiger partial charge in [0.05, 0.1) is 11.5 Å². The van der Waals surface area contributed by atoms with E-state index in [2.05, 4.69) is 6.07 Å². The molecule has 0 aliphatic rings. The molecule has 0 fully saturated rings. The number of carbonyl (C=O) groups excluding carboxylic acids is 1. The van der Waals surface area contributed by atoms with Gasteiger partial charge in [-0.15, -0.1) is 0 Å². The molecule has 3 nitrogen and oxygen atoms in total. The van der Waals surface area contributed by atoms with Crippen molar-refractivity contribution in [1.29, 1.82) is 5.26 Å². The molecule has 2 rings (SSSR count). The molecule has 2 atom stereocenters. The second-order valence-electron chi connectivity index (χ2n) is 7.84. The SMILES string of the molecule is CC(C)N(C(=O)C[C@H](c1ccccc1)[C@](C)(C#N)c1ccccc1)C(C)C. The van der Waals surface area contributed by atoms with Gasteiger partial charge >= 0.3 is 0 Å². The number of amides is 1. The summed E-state index contributed by atoms with van der Waals surface area (Å²) in [5.74, 6) is -0.134. The van der Waals surface area contributed by atoms with Crippen molar-refractivity contribution in [3.05, 3.63) is 71.8 Å². The van der Waals surface area contributed by atoms with Gasteiger partial charge in [0.15, 0.2) is 0 Å².